The van der Waals surface area contributed by atoms with Gasteiger partial charge in [0.2, 0.25) is 11.7 Å². The first-order chi connectivity index (χ1) is 9.11. The third kappa shape index (κ3) is 2.77. The maximum atomic E-state index is 11.0. The van der Waals surface area contributed by atoms with Crippen molar-refractivity contribution in [3.05, 3.63) is 27.9 Å². The van der Waals surface area contributed by atoms with Crippen molar-refractivity contribution in [1.82, 2.24) is 10.3 Å². The molecule has 2 N–H and O–H groups in total. The van der Waals surface area contributed by atoms with E-state index in [4.69, 9.17) is 5.26 Å². The predicted octanol–water partition coefficient (Wildman–Crippen LogP) is 0.552. The van der Waals surface area contributed by atoms with Gasteiger partial charge in [-0.25, -0.2) is 4.98 Å². The van der Waals surface area contributed by atoms with Crippen LogP contribution in [0.15, 0.2) is 12.3 Å². The number of carbonyl (C=O) groups excluding carboxylic acids is 1. The molecular weight excluding hydrogens is 250 g/mol. The lowest BCUT2D eigenvalue weighted by Crippen LogP contribution is -2.42. The Labute approximate surface area is 108 Å². The Bertz CT molecular complexity index is 556. The summed E-state index contributed by atoms with van der Waals surface area (Å²) in [5, 5.41) is 25.4. The van der Waals surface area contributed by atoms with E-state index in [1.165, 1.54) is 12.3 Å². The number of nitrogens with one attached hydrogen (secondary N) is 2. The van der Waals surface area contributed by atoms with E-state index in [9.17, 15) is 14.9 Å². The second-order valence-corrected chi connectivity index (χ2v) is 4.11. The van der Waals surface area contributed by atoms with Gasteiger partial charge in [0.1, 0.15) is 11.6 Å². The van der Waals surface area contributed by atoms with Crippen LogP contribution in [0.5, 0.6) is 0 Å². The highest BCUT2D eigenvalue weighted by Crippen LogP contribution is 2.26. The fourth-order valence-electron chi connectivity index (χ4n) is 1.88. The van der Waals surface area contributed by atoms with Crippen LogP contribution in [-0.2, 0) is 4.79 Å². The summed E-state index contributed by atoms with van der Waals surface area (Å²) >= 11 is 0. The van der Waals surface area contributed by atoms with Gasteiger partial charge in [-0.15, -0.1) is 0 Å². The van der Waals surface area contributed by atoms with Crippen molar-refractivity contribution in [3.8, 4) is 6.07 Å². The Morgan fingerprint density at radius 3 is 3.00 bits per heavy atom. The van der Waals surface area contributed by atoms with Crippen LogP contribution in [-0.4, -0.2) is 28.4 Å². The molecule has 8 nitrogen and oxygen atoms in total. The molecule has 0 radical (unpaired) electrons. The van der Waals surface area contributed by atoms with Gasteiger partial charge in [-0.2, -0.15) is 5.26 Å². The summed E-state index contributed by atoms with van der Waals surface area (Å²) in [4.78, 5) is 25.3. The average Bonchev–Trinajstić information content (AvgIpc) is 2.40. The van der Waals surface area contributed by atoms with Crippen LogP contribution in [0, 0.1) is 21.4 Å². The zero-order valence-corrected chi connectivity index (χ0v) is 9.92. The van der Waals surface area contributed by atoms with E-state index < -0.39 is 4.92 Å². The van der Waals surface area contributed by atoms with Crippen molar-refractivity contribution in [2.75, 3.05) is 11.9 Å². The highest BCUT2D eigenvalue weighted by atomic mass is 16.6. The van der Waals surface area contributed by atoms with Crippen LogP contribution in [0.2, 0.25) is 0 Å². The Hall–Kier alpha value is -2.69. The molecule has 8 heteroatoms. The number of rotatable bonds is 3. The first-order valence-electron chi connectivity index (χ1n) is 5.68. The summed E-state index contributed by atoms with van der Waals surface area (Å²) in [7, 11) is 0. The van der Waals surface area contributed by atoms with Crippen molar-refractivity contribution < 1.29 is 9.72 Å². The number of pyridine rings is 1. The first kappa shape index (κ1) is 12.8. The largest absolute Gasteiger partial charge is 0.360 e. The number of hydrogen-bond donors (Lipinski definition) is 2. The molecule has 1 aromatic rings. The minimum Gasteiger partial charge on any atom is -0.360 e. The highest BCUT2D eigenvalue weighted by Gasteiger charge is 2.25. The molecule has 2 rings (SSSR count). The van der Waals surface area contributed by atoms with Crippen molar-refractivity contribution in [2.45, 2.75) is 18.9 Å². The lowest BCUT2D eigenvalue weighted by atomic mass is 10.1. The number of carbonyl (C=O) groups is 1. The average molecular weight is 261 g/mol. The van der Waals surface area contributed by atoms with Gasteiger partial charge >= 0.3 is 5.69 Å². The van der Waals surface area contributed by atoms with Gasteiger partial charge < -0.3 is 10.6 Å². The number of aromatic nitrogens is 1. The monoisotopic (exact) mass is 261 g/mol. The standard InChI is InChI=1S/C11H11N5O3/c12-5-7-3-4-13-11(10(7)16(18)19)15-8-1-2-9(17)14-6-8/h3-4,8H,1-2,6H2,(H,13,15)(H,14,17). The predicted molar refractivity (Wildman–Crippen MR) is 65.3 cm³/mol. The maximum absolute atomic E-state index is 11.0. The van der Waals surface area contributed by atoms with Crippen LogP contribution in [0.3, 0.4) is 0 Å². The molecular formula is C11H11N5O3. The molecule has 0 aromatic carbocycles. The van der Waals surface area contributed by atoms with Crippen LogP contribution >= 0.6 is 0 Å². The highest BCUT2D eigenvalue weighted by molar-refractivity contribution is 5.77. The zero-order valence-electron chi connectivity index (χ0n) is 9.92. The topological polar surface area (TPSA) is 121 Å². The SMILES string of the molecule is N#Cc1ccnc(NC2CCC(=O)NC2)c1[N+](=O)[O-]. The molecule has 0 aliphatic carbocycles. The number of anilines is 1. The van der Waals surface area contributed by atoms with Gasteiger partial charge in [0.25, 0.3) is 0 Å². The number of piperidine rings is 1. The fourth-order valence-corrected chi connectivity index (χ4v) is 1.88. The Morgan fingerprint density at radius 1 is 1.63 bits per heavy atom. The number of hydrogen-bond acceptors (Lipinski definition) is 6. The zero-order chi connectivity index (χ0) is 13.8. The number of nitrogens with zero attached hydrogens (tertiary/aromatic N) is 3. The molecule has 0 saturated carbocycles. The van der Waals surface area contributed by atoms with Gasteiger partial charge in [-0.3, -0.25) is 14.9 Å². The van der Waals surface area contributed by atoms with E-state index in [1.54, 1.807) is 6.07 Å². The van der Waals surface area contributed by atoms with Crippen molar-refractivity contribution in [1.29, 1.82) is 5.26 Å². The van der Waals surface area contributed by atoms with E-state index in [-0.39, 0.29) is 29.0 Å². The van der Waals surface area contributed by atoms with E-state index in [0.29, 0.717) is 19.4 Å². The summed E-state index contributed by atoms with van der Waals surface area (Å²) in [5.41, 5.74) is -0.371. The van der Waals surface area contributed by atoms with Gasteiger partial charge in [0, 0.05) is 25.2 Å². The van der Waals surface area contributed by atoms with E-state index in [2.05, 4.69) is 15.6 Å². The molecule has 1 atom stereocenters. The minimum absolute atomic E-state index is 0.0358. The third-order valence-corrected chi connectivity index (χ3v) is 2.83. The molecule has 1 unspecified atom stereocenters. The molecule has 1 aliphatic rings. The molecule has 2 heterocycles. The normalized spacial score (nSPS) is 18.3. The summed E-state index contributed by atoms with van der Waals surface area (Å²) in [6, 6.07) is 2.94. The van der Waals surface area contributed by atoms with Crippen molar-refractivity contribution >= 4 is 17.4 Å². The number of nitriles is 1. The molecule has 1 aliphatic heterocycles. The van der Waals surface area contributed by atoms with E-state index in [0.717, 1.165) is 0 Å². The summed E-state index contributed by atoms with van der Waals surface area (Å²) in [6.07, 6.45) is 2.28. The number of nitro groups is 1. The van der Waals surface area contributed by atoms with Crippen LogP contribution in [0.25, 0.3) is 0 Å². The first-order valence-corrected chi connectivity index (χ1v) is 5.68. The van der Waals surface area contributed by atoms with Crippen LogP contribution in [0.4, 0.5) is 11.5 Å². The molecule has 1 saturated heterocycles. The van der Waals surface area contributed by atoms with Gasteiger partial charge in [-0.05, 0) is 12.5 Å². The minimum atomic E-state index is -0.630. The molecule has 19 heavy (non-hydrogen) atoms. The van der Waals surface area contributed by atoms with Crippen molar-refractivity contribution in [3.63, 3.8) is 0 Å². The number of amides is 1. The van der Waals surface area contributed by atoms with E-state index >= 15 is 0 Å². The third-order valence-electron chi connectivity index (χ3n) is 2.83. The molecule has 1 amide bonds. The van der Waals surface area contributed by atoms with Crippen LogP contribution < -0.4 is 10.6 Å². The molecule has 0 spiro atoms. The fraction of sp³-hybridized carbons (Fsp3) is 0.364. The Balaban J connectivity index is 2.23. The lowest BCUT2D eigenvalue weighted by molar-refractivity contribution is -0.384. The van der Waals surface area contributed by atoms with Gasteiger partial charge in [-0.1, -0.05) is 0 Å². The van der Waals surface area contributed by atoms with Crippen LogP contribution in [0.1, 0.15) is 18.4 Å². The van der Waals surface area contributed by atoms with Gasteiger partial charge in [0.15, 0.2) is 0 Å². The Kier molecular flexibility index (Phi) is 3.56. The molecule has 0 bridgehead atoms. The quantitative estimate of drug-likeness (QED) is 0.605. The maximum Gasteiger partial charge on any atom is 0.328 e. The second kappa shape index (κ2) is 5.30. The molecule has 1 fully saturated rings. The van der Waals surface area contributed by atoms with E-state index in [1.807, 2.05) is 0 Å². The summed E-state index contributed by atoms with van der Waals surface area (Å²) in [6.45, 7) is 0.383. The summed E-state index contributed by atoms with van der Waals surface area (Å²) < 4.78 is 0. The smallest absolute Gasteiger partial charge is 0.328 e. The van der Waals surface area contributed by atoms with Crippen molar-refractivity contribution in [2.24, 2.45) is 0 Å². The molecule has 98 valence electrons. The second-order valence-electron chi connectivity index (χ2n) is 4.11. The lowest BCUT2D eigenvalue weighted by Gasteiger charge is -2.23. The molecule has 1 aromatic heterocycles. The Morgan fingerprint density at radius 2 is 2.42 bits per heavy atom. The van der Waals surface area contributed by atoms with Gasteiger partial charge in [0.05, 0.1) is 4.92 Å². The summed E-state index contributed by atoms with van der Waals surface area (Å²) in [5.74, 6) is 0.0245.